The molecular weight excluding hydrogens is 494 g/mol. The lowest BCUT2D eigenvalue weighted by atomic mass is 10.0. The monoisotopic (exact) mass is 533 g/mol. The predicted octanol–water partition coefficient (Wildman–Crippen LogP) is 7.50. The number of esters is 1. The number of allylic oxidation sites excluding steroid dienone is 1. The van der Waals surface area contributed by atoms with Gasteiger partial charge in [0.05, 0.1) is 32.0 Å². The van der Waals surface area contributed by atoms with Gasteiger partial charge < -0.3 is 23.7 Å². The van der Waals surface area contributed by atoms with E-state index in [-0.39, 0.29) is 12.8 Å². The molecule has 0 aliphatic carbocycles. The Balaban J connectivity index is 1.33. The summed E-state index contributed by atoms with van der Waals surface area (Å²) in [6.07, 6.45) is 11.9. The fourth-order valence-corrected chi connectivity index (χ4v) is 4.22. The summed E-state index contributed by atoms with van der Waals surface area (Å²) in [5.41, 5.74) is 2.59. The Bertz CT molecular complexity index is 1180. The molecule has 39 heavy (non-hydrogen) atoms. The van der Waals surface area contributed by atoms with Crippen molar-refractivity contribution < 1.29 is 28.5 Å². The van der Waals surface area contributed by atoms with Gasteiger partial charge >= 0.3 is 5.97 Å². The number of unbranched alkanes of at least 4 members (excludes halogenated alkanes) is 8. The van der Waals surface area contributed by atoms with E-state index < -0.39 is 0 Å². The van der Waals surface area contributed by atoms with E-state index in [0.29, 0.717) is 47.4 Å². The van der Waals surface area contributed by atoms with Crippen molar-refractivity contribution in [1.29, 1.82) is 5.26 Å². The SMILES string of the molecule is C=C(C)C(=O)OCCCCCCCCCCCOc1ccc(C(C#N)=Cc2ccc3c(c2)OCO3)cc1OC. The van der Waals surface area contributed by atoms with Gasteiger partial charge in [0.1, 0.15) is 0 Å². The fraction of sp³-hybridized carbons (Fsp3) is 0.438. The number of benzene rings is 2. The number of carbonyl (C=O) groups is 1. The Morgan fingerprint density at radius 1 is 0.923 bits per heavy atom. The Morgan fingerprint density at radius 2 is 1.59 bits per heavy atom. The molecule has 1 aliphatic rings. The summed E-state index contributed by atoms with van der Waals surface area (Å²) < 4.78 is 27.4. The average molecular weight is 534 g/mol. The lowest BCUT2D eigenvalue weighted by molar-refractivity contribution is -0.139. The first-order chi connectivity index (χ1) is 19.0. The molecule has 0 aromatic heterocycles. The van der Waals surface area contributed by atoms with Crippen LogP contribution in [0.15, 0.2) is 48.6 Å². The Morgan fingerprint density at radius 3 is 2.26 bits per heavy atom. The van der Waals surface area contributed by atoms with Crippen molar-refractivity contribution in [3.8, 4) is 29.1 Å². The maximum atomic E-state index is 11.3. The van der Waals surface area contributed by atoms with Crippen LogP contribution < -0.4 is 18.9 Å². The summed E-state index contributed by atoms with van der Waals surface area (Å²) in [6, 6.07) is 13.5. The second-order valence-corrected chi connectivity index (χ2v) is 9.59. The highest BCUT2D eigenvalue weighted by Crippen LogP contribution is 2.35. The molecule has 1 heterocycles. The molecular formula is C32H39NO6. The van der Waals surface area contributed by atoms with E-state index in [4.69, 9.17) is 23.7 Å². The van der Waals surface area contributed by atoms with Crippen LogP contribution in [0.2, 0.25) is 0 Å². The molecule has 0 fully saturated rings. The average Bonchev–Trinajstić information content (AvgIpc) is 3.42. The molecule has 3 rings (SSSR count). The number of methoxy groups -OCH3 is 1. The molecule has 0 amide bonds. The van der Waals surface area contributed by atoms with Crippen molar-refractivity contribution in [3.05, 3.63) is 59.7 Å². The van der Waals surface area contributed by atoms with Gasteiger partial charge in [-0.15, -0.1) is 0 Å². The number of hydrogen-bond acceptors (Lipinski definition) is 7. The molecule has 2 aromatic carbocycles. The van der Waals surface area contributed by atoms with Crippen molar-refractivity contribution in [2.75, 3.05) is 27.1 Å². The molecule has 0 radical (unpaired) electrons. The van der Waals surface area contributed by atoms with Crippen molar-refractivity contribution in [2.45, 2.75) is 64.7 Å². The molecule has 0 saturated carbocycles. The smallest absolute Gasteiger partial charge is 0.333 e. The van der Waals surface area contributed by atoms with Gasteiger partial charge in [-0.25, -0.2) is 4.79 Å². The molecule has 0 atom stereocenters. The molecule has 0 bridgehead atoms. The van der Waals surface area contributed by atoms with E-state index in [1.54, 1.807) is 14.0 Å². The van der Waals surface area contributed by atoms with Gasteiger partial charge in [-0.3, -0.25) is 0 Å². The van der Waals surface area contributed by atoms with E-state index in [0.717, 1.165) is 36.8 Å². The zero-order valence-electron chi connectivity index (χ0n) is 23.1. The van der Waals surface area contributed by atoms with Crippen LogP contribution >= 0.6 is 0 Å². The zero-order chi connectivity index (χ0) is 27.9. The first-order valence-corrected chi connectivity index (χ1v) is 13.7. The molecule has 208 valence electrons. The second-order valence-electron chi connectivity index (χ2n) is 9.59. The summed E-state index contributed by atoms with van der Waals surface area (Å²) in [4.78, 5) is 11.3. The summed E-state index contributed by atoms with van der Waals surface area (Å²) in [7, 11) is 1.61. The third kappa shape index (κ3) is 9.72. The number of ether oxygens (including phenoxy) is 5. The van der Waals surface area contributed by atoms with E-state index in [2.05, 4.69) is 12.6 Å². The second kappa shape index (κ2) is 16.1. The van der Waals surface area contributed by atoms with Crippen molar-refractivity contribution in [2.24, 2.45) is 0 Å². The first kappa shape index (κ1) is 29.6. The van der Waals surface area contributed by atoms with Gasteiger partial charge in [-0.1, -0.05) is 57.6 Å². The summed E-state index contributed by atoms with van der Waals surface area (Å²) in [5.74, 6) is 2.37. The van der Waals surface area contributed by atoms with Crippen LogP contribution in [0.1, 0.15) is 75.8 Å². The molecule has 0 N–H and O–H groups in total. The maximum absolute atomic E-state index is 11.3. The number of nitriles is 1. The largest absolute Gasteiger partial charge is 0.493 e. The molecule has 1 aliphatic heterocycles. The Kier molecular flexibility index (Phi) is 12.3. The number of rotatable bonds is 17. The minimum atomic E-state index is -0.298. The van der Waals surface area contributed by atoms with Gasteiger partial charge in [0.2, 0.25) is 6.79 Å². The van der Waals surface area contributed by atoms with Crippen LogP contribution in [0.25, 0.3) is 11.6 Å². The van der Waals surface area contributed by atoms with E-state index in [1.165, 1.54) is 32.1 Å². The Labute approximate surface area is 232 Å². The molecule has 2 aromatic rings. The quantitative estimate of drug-likeness (QED) is 0.0684. The van der Waals surface area contributed by atoms with Crippen molar-refractivity contribution in [3.63, 3.8) is 0 Å². The van der Waals surface area contributed by atoms with Crippen molar-refractivity contribution in [1.82, 2.24) is 0 Å². The normalized spacial score (nSPS) is 12.1. The van der Waals surface area contributed by atoms with E-state index in [9.17, 15) is 10.1 Å². The lowest BCUT2D eigenvalue weighted by Gasteiger charge is -2.12. The van der Waals surface area contributed by atoms with Gasteiger partial charge in [0.15, 0.2) is 23.0 Å². The zero-order valence-corrected chi connectivity index (χ0v) is 23.1. The molecule has 0 unspecified atom stereocenters. The fourth-order valence-electron chi connectivity index (χ4n) is 4.22. The topological polar surface area (TPSA) is 87.0 Å². The van der Waals surface area contributed by atoms with E-state index in [1.807, 2.05) is 42.5 Å². The molecule has 0 spiro atoms. The number of nitrogens with zero attached hydrogens (tertiary/aromatic N) is 1. The van der Waals surface area contributed by atoms with Crippen LogP contribution in [0.3, 0.4) is 0 Å². The maximum Gasteiger partial charge on any atom is 0.333 e. The van der Waals surface area contributed by atoms with Crippen LogP contribution in [0.4, 0.5) is 0 Å². The van der Waals surface area contributed by atoms with Gasteiger partial charge in [-0.05, 0) is 67.3 Å². The van der Waals surface area contributed by atoms with Crippen LogP contribution in [0.5, 0.6) is 23.0 Å². The number of fused-ring (bicyclic) bond motifs is 1. The van der Waals surface area contributed by atoms with E-state index >= 15 is 0 Å². The standard InChI is InChI=1S/C32H39NO6/c1-24(2)32(34)37-18-12-10-8-6-4-5-7-9-11-17-36-28-16-14-26(21-30(28)35-3)27(22-33)19-25-13-15-29-31(20-25)39-23-38-29/h13-16,19-21H,1,4-12,17-18,23H2,2-3H3. The minimum Gasteiger partial charge on any atom is -0.493 e. The molecule has 7 nitrogen and oxygen atoms in total. The third-order valence-electron chi connectivity index (χ3n) is 6.43. The van der Waals surface area contributed by atoms with Gasteiger partial charge in [-0.2, -0.15) is 5.26 Å². The highest BCUT2D eigenvalue weighted by molar-refractivity contribution is 5.90. The molecule has 0 saturated heterocycles. The van der Waals surface area contributed by atoms with Gasteiger partial charge in [0.25, 0.3) is 0 Å². The summed E-state index contributed by atoms with van der Waals surface area (Å²) >= 11 is 0. The van der Waals surface area contributed by atoms with Crippen LogP contribution in [0, 0.1) is 11.3 Å². The Hall–Kier alpha value is -3.92. The highest BCUT2D eigenvalue weighted by atomic mass is 16.7. The van der Waals surface area contributed by atoms with Gasteiger partial charge in [0, 0.05) is 5.57 Å². The molecule has 7 heteroatoms. The van der Waals surface area contributed by atoms with Crippen LogP contribution in [-0.4, -0.2) is 33.1 Å². The third-order valence-corrected chi connectivity index (χ3v) is 6.43. The minimum absolute atomic E-state index is 0.214. The lowest BCUT2D eigenvalue weighted by Crippen LogP contribution is -2.05. The summed E-state index contributed by atoms with van der Waals surface area (Å²) in [6.45, 7) is 6.56. The van der Waals surface area contributed by atoms with Crippen LogP contribution in [-0.2, 0) is 9.53 Å². The highest BCUT2D eigenvalue weighted by Gasteiger charge is 2.14. The predicted molar refractivity (Wildman–Crippen MR) is 152 cm³/mol. The number of carbonyl (C=O) groups excluding carboxylic acids is 1. The summed E-state index contributed by atoms with van der Waals surface area (Å²) in [5, 5.41) is 9.76. The first-order valence-electron chi connectivity index (χ1n) is 13.7. The van der Waals surface area contributed by atoms with Crippen molar-refractivity contribution >= 4 is 17.6 Å². The number of hydrogen-bond donors (Lipinski definition) is 0.